The van der Waals surface area contributed by atoms with Gasteiger partial charge in [-0.05, 0) is 35.2 Å². The number of carbonyl (C=O) groups is 3. The molecule has 0 bridgehead atoms. The van der Waals surface area contributed by atoms with Gasteiger partial charge in [0, 0.05) is 38.4 Å². The first-order valence-electron chi connectivity index (χ1n) is 10.2. The van der Waals surface area contributed by atoms with Gasteiger partial charge in [-0.2, -0.15) is 0 Å². The Morgan fingerprint density at radius 1 is 0.968 bits per heavy atom. The standard InChI is InChI=1S/C24H31N3O4/c1-24(2,15-22(29)30)14-21(28)25-16-20(17-8-6-5-7-9-17)23(31)26-18-10-12-19(13-11-18)27(3)4/h5-13,20H,14-16H2,1-4H3,(H,25,28)(H,26,31)(H,29,30)/t20-/m1/s1. The number of rotatable bonds is 10. The van der Waals surface area contributed by atoms with E-state index in [4.69, 9.17) is 5.11 Å². The molecular weight excluding hydrogens is 394 g/mol. The topological polar surface area (TPSA) is 98.7 Å². The van der Waals surface area contributed by atoms with Crippen LogP contribution >= 0.6 is 0 Å². The normalized spacial score (nSPS) is 12.0. The maximum atomic E-state index is 13.0. The molecule has 166 valence electrons. The fraction of sp³-hybridized carbons (Fsp3) is 0.375. The molecule has 0 saturated carbocycles. The number of hydrogen-bond acceptors (Lipinski definition) is 4. The summed E-state index contributed by atoms with van der Waals surface area (Å²) in [5.74, 6) is -2.04. The zero-order valence-corrected chi connectivity index (χ0v) is 18.5. The number of carboxylic acid groups (broad SMARTS) is 1. The Balaban J connectivity index is 2.08. The monoisotopic (exact) mass is 425 g/mol. The Bertz CT molecular complexity index is 893. The summed E-state index contributed by atoms with van der Waals surface area (Å²) in [4.78, 5) is 38.4. The molecule has 0 aliphatic carbocycles. The molecule has 2 aromatic rings. The largest absolute Gasteiger partial charge is 0.481 e. The van der Waals surface area contributed by atoms with Crippen LogP contribution in [0.5, 0.6) is 0 Å². The van der Waals surface area contributed by atoms with Gasteiger partial charge in [-0.15, -0.1) is 0 Å². The van der Waals surface area contributed by atoms with Gasteiger partial charge in [-0.25, -0.2) is 0 Å². The van der Waals surface area contributed by atoms with Crippen LogP contribution in [0.15, 0.2) is 54.6 Å². The average Bonchev–Trinajstić information content (AvgIpc) is 2.68. The molecule has 2 rings (SSSR count). The minimum Gasteiger partial charge on any atom is -0.481 e. The van der Waals surface area contributed by atoms with Crippen LogP contribution in [0.4, 0.5) is 11.4 Å². The second kappa shape index (κ2) is 10.6. The fourth-order valence-corrected chi connectivity index (χ4v) is 3.30. The highest BCUT2D eigenvalue weighted by molar-refractivity contribution is 5.96. The van der Waals surface area contributed by atoms with Gasteiger partial charge in [0.25, 0.3) is 0 Å². The SMILES string of the molecule is CN(C)c1ccc(NC(=O)[C@H](CNC(=O)CC(C)(C)CC(=O)O)c2ccccc2)cc1. The Hall–Kier alpha value is -3.35. The number of anilines is 2. The molecule has 0 heterocycles. The molecule has 2 amide bonds. The second-order valence-electron chi connectivity index (χ2n) is 8.61. The van der Waals surface area contributed by atoms with E-state index in [1.54, 1.807) is 13.8 Å². The Morgan fingerprint density at radius 2 is 1.58 bits per heavy atom. The average molecular weight is 426 g/mol. The summed E-state index contributed by atoms with van der Waals surface area (Å²) >= 11 is 0. The van der Waals surface area contributed by atoms with Crippen molar-refractivity contribution in [3.63, 3.8) is 0 Å². The van der Waals surface area contributed by atoms with Crippen molar-refractivity contribution in [1.82, 2.24) is 5.32 Å². The Kier molecular flexibility index (Phi) is 8.19. The molecule has 0 saturated heterocycles. The van der Waals surface area contributed by atoms with E-state index in [2.05, 4.69) is 10.6 Å². The lowest BCUT2D eigenvalue weighted by molar-refractivity contribution is -0.139. The Labute approximate surface area is 183 Å². The van der Waals surface area contributed by atoms with Crippen molar-refractivity contribution < 1.29 is 19.5 Å². The molecule has 7 nitrogen and oxygen atoms in total. The maximum absolute atomic E-state index is 13.0. The highest BCUT2D eigenvalue weighted by Crippen LogP contribution is 2.25. The summed E-state index contributed by atoms with van der Waals surface area (Å²) in [6, 6.07) is 16.8. The first-order valence-corrected chi connectivity index (χ1v) is 10.2. The molecule has 7 heteroatoms. The van der Waals surface area contributed by atoms with Crippen LogP contribution in [-0.2, 0) is 14.4 Å². The third-order valence-electron chi connectivity index (χ3n) is 4.94. The van der Waals surface area contributed by atoms with Crippen LogP contribution in [0.25, 0.3) is 0 Å². The van der Waals surface area contributed by atoms with E-state index in [1.165, 1.54) is 0 Å². The zero-order chi connectivity index (χ0) is 23.0. The van der Waals surface area contributed by atoms with Crippen LogP contribution < -0.4 is 15.5 Å². The molecule has 0 aliphatic rings. The number of aliphatic carboxylic acids is 1. The minimum atomic E-state index is -0.945. The van der Waals surface area contributed by atoms with Crippen LogP contribution in [0.3, 0.4) is 0 Å². The summed E-state index contributed by atoms with van der Waals surface area (Å²) in [7, 11) is 3.89. The van der Waals surface area contributed by atoms with Crippen molar-refractivity contribution >= 4 is 29.2 Å². The van der Waals surface area contributed by atoms with E-state index in [1.807, 2.05) is 73.6 Å². The molecule has 2 aromatic carbocycles. The predicted octanol–water partition coefficient (Wildman–Crippen LogP) is 3.48. The van der Waals surface area contributed by atoms with Gasteiger partial charge in [0.05, 0.1) is 12.3 Å². The van der Waals surface area contributed by atoms with Crippen LogP contribution in [0.1, 0.15) is 38.2 Å². The fourth-order valence-electron chi connectivity index (χ4n) is 3.30. The predicted molar refractivity (Wildman–Crippen MR) is 122 cm³/mol. The summed E-state index contributed by atoms with van der Waals surface area (Å²) in [5.41, 5.74) is 1.81. The lowest BCUT2D eigenvalue weighted by Gasteiger charge is -2.23. The molecule has 0 fully saturated rings. The first kappa shape index (κ1) is 23.9. The number of carbonyl (C=O) groups excluding carboxylic acids is 2. The van der Waals surface area contributed by atoms with Crippen LogP contribution in [0.2, 0.25) is 0 Å². The van der Waals surface area contributed by atoms with E-state index < -0.39 is 17.3 Å². The lowest BCUT2D eigenvalue weighted by atomic mass is 9.85. The lowest BCUT2D eigenvalue weighted by Crippen LogP contribution is -2.36. The van der Waals surface area contributed by atoms with E-state index in [9.17, 15) is 14.4 Å². The van der Waals surface area contributed by atoms with Gasteiger partial charge in [0.1, 0.15) is 0 Å². The smallest absolute Gasteiger partial charge is 0.303 e. The molecule has 0 radical (unpaired) electrons. The number of nitrogens with one attached hydrogen (secondary N) is 2. The first-order chi connectivity index (χ1) is 14.6. The van der Waals surface area contributed by atoms with Crippen molar-refractivity contribution in [1.29, 1.82) is 0 Å². The third-order valence-corrected chi connectivity index (χ3v) is 4.94. The summed E-state index contributed by atoms with van der Waals surface area (Å²) in [6.07, 6.45) is -0.0413. The van der Waals surface area contributed by atoms with Crippen LogP contribution in [-0.4, -0.2) is 43.5 Å². The van der Waals surface area contributed by atoms with Crippen molar-refractivity contribution in [2.45, 2.75) is 32.6 Å². The number of amides is 2. The summed E-state index contributed by atoms with van der Waals surface area (Å²) < 4.78 is 0. The van der Waals surface area contributed by atoms with E-state index in [0.717, 1.165) is 11.3 Å². The molecule has 31 heavy (non-hydrogen) atoms. The van der Waals surface area contributed by atoms with Gasteiger partial charge < -0.3 is 20.6 Å². The van der Waals surface area contributed by atoms with Crippen molar-refractivity contribution in [3.8, 4) is 0 Å². The molecule has 0 spiro atoms. The van der Waals surface area contributed by atoms with Crippen molar-refractivity contribution in [2.75, 3.05) is 30.9 Å². The molecule has 0 aromatic heterocycles. The molecular formula is C24H31N3O4. The van der Waals surface area contributed by atoms with E-state index >= 15 is 0 Å². The van der Waals surface area contributed by atoms with Gasteiger partial charge in [-0.3, -0.25) is 14.4 Å². The van der Waals surface area contributed by atoms with Gasteiger partial charge in [0.15, 0.2) is 0 Å². The number of benzene rings is 2. The minimum absolute atomic E-state index is 0.0639. The summed E-state index contributed by atoms with van der Waals surface area (Å²) in [6.45, 7) is 3.59. The highest BCUT2D eigenvalue weighted by atomic mass is 16.4. The quantitative estimate of drug-likeness (QED) is 0.541. The maximum Gasteiger partial charge on any atom is 0.303 e. The third kappa shape index (κ3) is 7.77. The van der Waals surface area contributed by atoms with Crippen molar-refractivity contribution in [3.05, 3.63) is 60.2 Å². The van der Waals surface area contributed by atoms with Gasteiger partial charge in [0.2, 0.25) is 11.8 Å². The summed E-state index contributed by atoms with van der Waals surface area (Å²) in [5, 5.41) is 14.7. The molecule has 1 atom stereocenters. The Morgan fingerprint density at radius 3 is 2.13 bits per heavy atom. The van der Waals surface area contributed by atoms with Crippen LogP contribution in [0, 0.1) is 5.41 Å². The van der Waals surface area contributed by atoms with Gasteiger partial charge >= 0.3 is 5.97 Å². The van der Waals surface area contributed by atoms with Crippen molar-refractivity contribution in [2.24, 2.45) is 5.41 Å². The number of carboxylic acids is 1. The molecule has 0 unspecified atom stereocenters. The second-order valence-corrected chi connectivity index (χ2v) is 8.61. The zero-order valence-electron chi connectivity index (χ0n) is 18.5. The number of hydrogen-bond donors (Lipinski definition) is 3. The molecule has 0 aliphatic heterocycles. The van der Waals surface area contributed by atoms with E-state index in [-0.39, 0.29) is 31.2 Å². The van der Waals surface area contributed by atoms with Gasteiger partial charge in [-0.1, -0.05) is 44.2 Å². The highest BCUT2D eigenvalue weighted by Gasteiger charge is 2.27. The van der Waals surface area contributed by atoms with E-state index in [0.29, 0.717) is 5.69 Å². The number of nitrogens with zero attached hydrogens (tertiary/aromatic N) is 1. The molecule has 3 N–H and O–H groups in total.